The van der Waals surface area contributed by atoms with Gasteiger partial charge < -0.3 is 19.4 Å². The molecule has 12 heteroatoms. The molecule has 0 radical (unpaired) electrons. The summed E-state index contributed by atoms with van der Waals surface area (Å²) in [6.45, 7) is 9.35. The Bertz CT molecular complexity index is 2270. The summed E-state index contributed by atoms with van der Waals surface area (Å²) in [5.74, 6) is -0.780. The molecule has 6 atom stereocenters. The lowest BCUT2D eigenvalue weighted by molar-refractivity contribution is -0.150. The van der Waals surface area contributed by atoms with Gasteiger partial charge in [0.2, 0.25) is 5.91 Å². The van der Waals surface area contributed by atoms with Crippen molar-refractivity contribution in [1.82, 2.24) is 30.2 Å². The number of esters is 1. The minimum Gasteiger partial charge on any atom is -0.464 e. The number of rotatable bonds is 7. The molecule has 6 heterocycles. The van der Waals surface area contributed by atoms with Crippen molar-refractivity contribution in [2.24, 2.45) is 11.3 Å². The number of Topliss-reactive ketones (excluding diaryl/α,β-unsaturated/α-hetero) is 1. The van der Waals surface area contributed by atoms with Crippen molar-refractivity contribution in [3.63, 3.8) is 0 Å². The van der Waals surface area contributed by atoms with Crippen LogP contribution >= 0.6 is 11.3 Å². The van der Waals surface area contributed by atoms with Crippen LogP contribution in [0.1, 0.15) is 87.2 Å². The number of carbonyl (C=O) groups excluding carboxylic acids is 3. The topological polar surface area (TPSA) is 137 Å². The Labute approximate surface area is 331 Å². The number of benzene rings is 1. The molecule has 2 fully saturated rings. The van der Waals surface area contributed by atoms with Crippen molar-refractivity contribution in [1.29, 1.82) is 0 Å². The summed E-state index contributed by atoms with van der Waals surface area (Å²) in [6.07, 6.45) is 8.55. The van der Waals surface area contributed by atoms with Crippen LogP contribution in [0.3, 0.4) is 0 Å². The molecule has 2 aliphatic heterocycles. The smallest absolute Gasteiger partial charge is 0.323 e. The third-order valence-corrected chi connectivity index (χ3v) is 12.6. The van der Waals surface area contributed by atoms with Gasteiger partial charge in [-0.05, 0) is 93.3 Å². The predicted molar refractivity (Wildman–Crippen MR) is 216 cm³/mol. The fraction of sp³-hybridized carbons (Fsp3) is 0.455. The Kier molecular flexibility index (Phi) is 10.6. The molecule has 8 rings (SSSR count). The Balaban J connectivity index is 1.20. The molecule has 1 aromatic carbocycles. The second-order valence-electron chi connectivity index (χ2n) is 16.3. The molecule has 3 aliphatic rings. The van der Waals surface area contributed by atoms with Gasteiger partial charge in [-0.3, -0.25) is 29.7 Å². The van der Waals surface area contributed by atoms with Gasteiger partial charge in [-0.25, -0.2) is 4.98 Å². The van der Waals surface area contributed by atoms with Gasteiger partial charge in [0, 0.05) is 77.4 Å². The second-order valence-corrected chi connectivity index (χ2v) is 17.2. The number of aryl methyl sites for hydroxylation is 1. The van der Waals surface area contributed by atoms with Crippen LogP contribution in [0.4, 0.5) is 0 Å². The van der Waals surface area contributed by atoms with Gasteiger partial charge in [-0.2, -0.15) is 0 Å². The number of piperidine rings is 1. The zero-order valence-electron chi connectivity index (χ0n) is 32.7. The molecular weight excluding hydrogens is 725 g/mol. The van der Waals surface area contributed by atoms with E-state index in [4.69, 9.17) is 19.4 Å². The number of nitrogens with zero attached hydrogens (tertiary/aromatic N) is 4. The largest absolute Gasteiger partial charge is 0.464 e. The maximum atomic E-state index is 14.3. The lowest BCUT2D eigenvalue weighted by Crippen LogP contribution is -2.56. The highest BCUT2D eigenvalue weighted by Crippen LogP contribution is 2.47. The van der Waals surface area contributed by atoms with E-state index < -0.39 is 23.5 Å². The first-order chi connectivity index (χ1) is 27.0. The summed E-state index contributed by atoms with van der Waals surface area (Å²) in [6, 6.07) is 12.4. The lowest BCUT2D eigenvalue weighted by atomic mass is 9.84. The second kappa shape index (κ2) is 15.6. The zero-order valence-corrected chi connectivity index (χ0v) is 33.5. The highest BCUT2D eigenvalue weighted by molar-refractivity contribution is 7.10. The van der Waals surface area contributed by atoms with E-state index in [1.54, 1.807) is 19.5 Å². The van der Waals surface area contributed by atoms with E-state index in [1.165, 1.54) is 11.3 Å². The molecule has 1 saturated carbocycles. The maximum Gasteiger partial charge on any atom is 0.323 e. The average molecular weight is 775 g/mol. The van der Waals surface area contributed by atoms with Gasteiger partial charge in [0.05, 0.1) is 46.9 Å². The van der Waals surface area contributed by atoms with E-state index in [9.17, 15) is 14.4 Å². The number of fused-ring (bicyclic) bond motifs is 6. The van der Waals surface area contributed by atoms with Crippen molar-refractivity contribution in [2.45, 2.75) is 103 Å². The third kappa shape index (κ3) is 7.54. The van der Waals surface area contributed by atoms with Crippen LogP contribution in [0.15, 0.2) is 66.4 Å². The summed E-state index contributed by atoms with van der Waals surface area (Å²) >= 11 is 1.49. The van der Waals surface area contributed by atoms with Gasteiger partial charge in [0.15, 0.2) is 5.78 Å². The normalized spacial score (nSPS) is 24.3. The van der Waals surface area contributed by atoms with Crippen LogP contribution < -0.4 is 10.6 Å². The fourth-order valence-electron chi connectivity index (χ4n) is 8.60. The molecule has 5 aromatic rings. The molecule has 1 saturated heterocycles. The van der Waals surface area contributed by atoms with Crippen molar-refractivity contribution in [3.8, 4) is 22.5 Å². The Morgan fingerprint density at radius 2 is 1.96 bits per heavy atom. The minimum absolute atomic E-state index is 0.0803. The maximum absolute atomic E-state index is 14.3. The highest BCUT2D eigenvalue weighted by Gasteiger charge is 2.46. The van der Waals surface area contributed by atoms with Gasteiger partial charge >= 0.3 is 5.97 Å². The lowest BCUT2D eigenvalue weighted by Gasteiger charge is -2.32. The number of carbonyl (C=O) groups is 3. The van der Waals surface area contributed by atoms with Crippen LogP contribution in [0, 0.1) is 11.3 Å². The highest BCUT2D eigenvalue weighted by atomic mass is 32.1. The summed E-state index contributed by atoms with van der Waals surface area (Å²) in [4.78, 5) is 55.9. The molecule has 56 heavy (non-hydrogen) atoms. The summed E-state index contributed by atoms with van der Waals surface area (Å²) in [5, 5.41) is 10.3. The monoisotopic (exact) mass is 774 g/mol. The number of ether oxygens (including phenoxy) is 2. The molecule has 6 bridgehead atoms. The molecule has 292 valence electrons. The number of ketones is 1. The van der Waals surface area contributed by atoms with E-state index in [0.717, 1.165) is 61.8 Å². The fourth-order valence-corrected chi connectivity index (χ4v) is 9.45. The molecule has 1 amide bonds. The van der Waals surface area contributed by atoms with Crippen LogP contribution in [-0.4, -0.2) is 69.0 Å². The summed E-state index contributed by atoms with van der Waals surface area (Å²) in [5.41, 5.74) is 7.55. The standard InChI is InChI=1S/C44H50N6O5S/c1-6-50-37-15-14-26-18-30(37)32(40(50)28-11-9-17-46-39(28)25(2)54-5)21-44(3,4)24-55-43(53)34-13-7-12-33(47-34)41(51)35(20-38-48-36(26)23-56-38)49-42(52)31-19-29(31)27-10-8-16-45-22-27/h8-11,14-18,22-23,25,29,31,33-35,47H,6-7,12-13,19-21,24H2,1-5H3,(H,49,52)/t25-,29+,31-,33?,34-,35-/m0/s1. The van der Waals surface area contributed by atoms with Gasteiger partial charge in [-0.15, -0.1) is 11.3 Å². The van der Waals surface area contributed by atoms with E-state index in [2.05, 4.69) is 65.2 Å². The Morgan fingerprint density at radius 1 is 1.14 bits per heavy atom. The number of aromatic nitrogens is 4. The number of amides is 1. The number of pyridine rings is 2. The Hall–Kier alpha value is -4.78. The van der Waals surface area contributed by atoms with Crippen LogP contribution in [-0.2, 0) is 43.2 Å². The van der Waals surface area contributed by atoms with Crippen LogP contribution in [0.5, 0.6) is 0 Å². The number of methoxy groups -OCH3 is 1. The summed E-state index contributed by atoms with van der Waals surface area (Å²) in [7, 11) is 1.70. The zero-order chi connectivity index (χ0) is 39.1. The quantitative estimate of drug-likeness (QED) is 0.168. The summed E-state index contributed by atoms with van der Waals surface area (Å²) < 4.78 is 14.2. The molecule has 1 aliphatic carbocycles. The van der Waals surface area contributed by atoms with Crippen molar-refractivity contribution in [2.75, 3.05) is 13.7 Å². The number of hydrogen-bond acceptors (Lipinski definition) is 10. The first kappa shape index (κ1) is 38.1. The van der Waals surface area contributed by atoms with E-state index >= 15 is 0 Å². The van der Waals surface area contributed by atoms with Gasteiger partial charge in [-0.1, -0.05) is 26.0 Å². The van der Waals surface area contributed by atoms with Crippen molar-refractivity contribution in [3.05, 3.63) is 88.3 Å². The SMILES string of the molecule is CCn1c(-c2cccnc2[C@H](C)OC)c2c3cc(ccc31)-c1csc(n1)C[C@H](NC(=O)[C@H]1C[C@@H]1c1cccnc1)C(=O)C1CCC[C@H](N1)C(=O)OCC(C)(C)C2. The van der Waals surface area contributed by atoms with Gasteiger partial charge in [0.25, 0.3) is 0 Å². The molecule has 2 N–H and O–H groups in total. The Morgan fingerprint density at radius 3 is 2.75 bits per heavy atom. The average Bonchev–Trinajstić information content (AvgIpc) is 3.80. The number of hydrogen-bond donors (Lipinski definition) is 2. The molecule has 4 aromatic heterocycles. The molecule has 11 nitrogen and oxygen atoms in total. The first-order valence-corrected chi connectivity index (χ1v) is 20.7. The van der Waals surface area contributed by atoms with E-state index in [0.29, 0.717) is 32.1 Å². The first-order valence-electron chi connectivity index (χ1n) is 19.8. The number of thiazole rings is 1. The van der Waals surface area contributed by atoms with E-state index in [1.807, 2.05) is 36.7 Å². The van der Waals surface area contributed by atoms with Crippen molar-refractivity contribution < 1.29 is 23.9 Å². The molecular formula is C44H50N6O5S. The van der Waals surface area contributed by atoms with E-state index in [-0.39, 0.29) is 48.6 Å². The molecule has 1 unspecified atom stereocenters. The predicted octanol–water partition coefficient (Wildman–Crippen LogP) is 6.99. The number of nitrogens with one attached hydrogen (secondary N) is 2. The van der Waals surface area contributed by atoms with Crippen LogP contribution in [0.25, 0.3) is 33.4 Å². The minimum atomic E-state index is -0.805. The number of cyclic esters (lactones) is 1. The van der Waals surface area contributed by atoms with Crippen LogP contribution in [0.2, 0.25) is 0 Å². The third-order valence-electron chi connectivity index (χ3n) is 11.7. The molecule has 0 spiro atoms. The van der Waals surface area contributed by atoms with Crippen molar-refractivity contribution >= 4 is 39.9 Å². The van der Waals surface area contributed by atoms with Gasteiger partial charge in [0.1, 0.15) is 6.04 Å².